The van der Waals surface area contributed by atoms with E-state index < -0.39 is 0 Å². The van der Waals surface area contributed by atoms with Crippen LogP contribution in [0.15, 0.2) is 23.4 Å². The highest BCUT2D eigenvalue weighted by Gasteiger charge is 2.14. The number of oxime groups is 1. The molecule has 3 rings (SSSR count). The molecule has 1 aromatic carbocycles. The summed E-state index contributed by atoms with van der Waals surface area (Å²) >= 11 is 7.49. The molecule has 0 atom stereocenters. The molecule has 0 unspecified atom stereocenters. The largest absolute Gasteiger partial charge is 0.355 e. The second-order valence-corrected chi connectivity index (χ2v) is 7.56. The van der Waals surface area contributed by atoms with Gasteiger partial charge in [-0.1, -0.05) is 42.6 Å². The van der Waals surface area contributed by atoms with Gasteiger partial charge >= 0.3 is 0 Å². The maximum Gasteiger partial charge on any atom is 0.226 e. The summed E-state index contributed by atoms with van der Waals surface area (Å²) < 4.78 is 5.68. The Morgan fingerprint density at radius 3 is 3.03 bits per heavy atom. The second-order valence-electron chi connectivity index (χ2n) is 6.40. The van der Waals surface area contributed by atoms with Crippen molar-refractivity contribution in [1.82, 2.24) is 29.6 Å². The van der Waals surface area contributed by atoms with Crippen molar-refractivity contribution >= 4 is 40.5 Å². The summed E-state index contributed by atoms with van der Waals surface area (Å²) in [7, 11) is 0. The molecule has 158 valence electrons. The van der Waals surface area contributed by atoms with Crippen LogP contribution in [0.5, 0.6) is 5.75 Å². The number of aromatic nitrogens is 6. The van der Waals surface area contributed by atoms with Gasteiger partial charge in [-0.15, -0.1) is 5.10 Å². The van der Waals surface area contributed by atoms with E-state index in [9.17, 15) is 4.79 Å². The first-order valence-electron chi connectivity index (χ1n) is 9.41. The van der Waals surface area contributed by atoms with Gasteiger partial charge in [-0.05, 0) is 35.9 Å². The van der Waals surface area contributed by atoms with Crippen LogP contribution < -0.4 is 10.2 Å². The smallest absolute Gasteiger partial charge is 0.226 e. The lowest BCUT2D eigenvalue weighted by molar-refractivity contribution is -0.116. The van der Waals surface area contributed by atoms with Gasteiger partial charge < -0.3 is 10.2 Å². The average molecular weight is 449 g/mol. The highest BCUT2D eigenvalue weighted by Crippen LogP contribution is 2.29. The van der Waals surface area contributed by atoms with Crippen LogP contribution in [0.2, 0.25) is 5.02 Å². The minimum absolute atomic E-state index is 0.0554. The molecule has 30 heavy (non-hydrogen) atoms. The van der Waals surface area contributed by atoms with Gasteiger partial charge in [0.25, 0.3) is 0 Å². The molecule has 3 aromatic rings. The number of nitrogens with one attached hydrogen (secondary N) is 1. The molecular weight excluding hydrogens is 428 g/mol. The lowest BCUT2D eigenvalue weighted by Gasteiger charge is -2.07. The number of carbonyl (C=O) groups excluding carboxylic acids is 1. The number of hydrogen-bond donors (Lipinski definition) is 1. The summed E-state index contributed by atoms with van der Waals surface area (Å²) in [5.74, 6) is 1.51. The number of tetrazole rings is 1. The summed E-state index contributed by atoms with van der Waals surface area (Å²) in [6, 6.07) is 5.25. The van der Waals surface area contributed by atoms with Crippen LogP contribution in [0.3, 0.4) is 0 Å². The lowest BCUT2D eigenvalue weighted by atomic mass is 10.1. The monoisotopic (exact) mass is 448 g/mol. The first-order valence-corrected chi connectivity index (χ1v) is 10.6. The van der Waals surface area contributed by atoms with Gasteiger partial charge in [0.15, 0.2) is 17.9 Å². The molecule has 0 aliphatic heterocycles. The maximum absolute atomic E-state index is 12.0. The SMILES string of the molecule is CCCCCC(=O)Nc1nc(Cc2c(Cl)cccc2O/N=C/n2nnnc2C)ns1. The maximum atomic E-state index is 12.0. The van der Waals surface area contributed by atoms with Gasteiger partial charge in [-0.2, -0.15) is 9.06 Å². The zero-order valence-electron chi connectivity index (χ0n) is 16.6. The second kappa shape index (κ2) is 10.7. The highest BCUT2D eigenvalue weighted by atomic mass is 35.5. The van der Waals surface area contributed by atoms with Gasteiger partial charge in [-0.3, -0.25) is 4.79 Å². The van der Waals surface area contributed by atoms with Gasteiger partial charge in [-0.25, -0.2) is 4.98 Å². The zero-order chi connectivity index (χ0) is 21.3. The third-order valence-corrected chi connectivity index (χ3v) is 5.12. The first-order chi connectivity index (χ1) is 14.6. The van der Waals surface area contributed by atoms with E-state index in [0.717, 1.165) is 30.8 Å². The van der Waals surface area contributed by atoms with Crippen LogP contribution in [-0.2, 0) is 11.2 Å². The molecule has 0 saturated carbocycles. The van der Waals surface area contributed by atoms with E-state index in [4.69, 9.17) is 16.4 Å². The van der Waals surface area contributed by atoms with Gasteiger partial charge in [0.1, 0.15) is 5.82 Å². The molecule has 0 spiro atoms. The highest BCUT2D eigenvalue weighted by molar-refractivity contribution is 7.09. The number of unbranched alkanes of at least 4 members (excludes halogenated alkanes) is 2. The summed E-state index contributed by atoms with van der Waals surface area (Å²) in [4.78, 5) is 21.8. The van der Waals surface area contributed by atoms with Gasteiger partial charge in [0.2, 0.25) is 11.0 Å². The van der Waals surface area contributed by atoms with Crippen LogP contribution >= 0.6 is 23.1 Å². The van der Waals surface area contributed by atoms with Crippen LogP contribution in [0.1, 0.15) is 49.8 Å². The number of amides is 1. The Hall–Kier alpha value is -2.92. The van der Waals surface area contributed by atoms with Crippen molar-refractivity contribution < 1.29 is 9.63 Å². The molecule has 0 aliphatic rings. The molecule has 0 saturated heterocycles. The minimum atomic E-state index is -0.0554. The molecule has 12 heteroatoms. The first kappa shape index (κ1) is 21.8. The predicted molar refractivity (Wildman–Crippen MR) is 114 cm³/mol. The normalized spacial score (nSPS) is 11.2. The molecule has 0 radical (unpaired) electrons. The van der Waals surface area contributed by atoms with E-state index in [1.807, 2.05) is 0 Å². The van der Waals surface area contributed by atoms with Crippen LogP contribution in [-0.4, -0.2) is 41.8 Å². The van der Waals surface area contributed by atoms with Crippen LogP contribution in [0.25, 0.3) is 0 Å². The summed E-state index contributed by atoms with van der Waals surface area (Å²) in [5.41, 5.74) is 0.684. The lowest BCUT2D eigenvalue weighted by Crippen LogP contribution is -2.10. The van der Waals surface area contributed by atoms with E-state index >= 15 is 0 Å². The Balaban J connectivity index is 1.65. The number of benzene rings is 1. The Bertz CT molecular complexity index is 1020. The summed E-state index contributed by atoms with van der Waals surface area (Å²) in [6.45, 7) is 3.84. The van der Waals surface area contributed by atoms with E-state index in [0.29, 0.717) is 46.0 Å². The fraction of sp³-hybridized carbons (Fsp3) is 0.389. The van der Waals surface area contributed by atoms with Crippen molar-refractivity contribution in [3.05, 3.63) is 40.4 Å². The van der Waals surface area contributed by atoms with E-state index in [1.165, 1.54) is 11.0 Å². The van der Waals surface area contributed by atoms with E-state index in [1.54, 1.807) is 25.1 Å². The number of rotatable bonds is 10. The Labute approximate surface area is 182 Å². The molecule has 0 aliphatic carbocycles. The van der Waals surface area contributed by atoms with E-state index in [2.05, 4.69) is 42.3 Å². The molecule has 2 heterocycles. The molecule has 1 amide bonds. The third-order valence-electron chi connectivity index (χ3n) is 4.10. The molecular formula is C18H21ClN8O2S. The molecule has 0 bridgehead atoms. The number of carbonyl (C=O) groups is 1. The fourth-order valence-electron chi connectivity index (χ4n) is 2.52. The van der Waals surface area contributed by atoms with Gasteiger partial charge in [0, 0.05) is 35.0 Å². The van der Waals surface area contributed by atoms with Crippen molar-refractivity contribution in [1.29, 1.82) is 0 Å². The number of anilines is 1. The van der Waals surface area contributed by atoms with Crippen molar-refractivity contribution in [3.8, 4) is 5.75 Å². The zero-order valence-corrected chi connectivity index (χ0v) is 18.2. The van der Waals surface area contributed by atoms with Gasteiger partial charge in [0.05, 0.1) is 0 Å². The van der Waals surface area contributed by atoms with Crippen LogP contribution in [0.4, 0.5) is 5.13 Å². The number of nitrogens with zero attached hydrogens (tertiary/aromatic N) is 7. The third kappa shape index (κ3) is 6.04. The minimum Gasteiger partial charge on any atom is -0.355 e. The van der Waals surface area contributed by atoms with Crippen molar-refractivity contribution in [3.63, 3.8) is 0 Å². The Morgan fingerprint density at radius 2 is 2.27 bits per heavy atom. The van der Waals surface area contributed by atoms with Crippen LogP contribution in [0, 0.1) is 6.92 Å². The molecule has 2 aromatic heterocycles. The average Bonchev–Trinajstić information content (AvgIpc) is 3.33. The molecule has 1 N–H and O–H groups in total. The number of aryl methyl sites for hydroxylation is 1. The Kier molecular flexibility index (Phi) is 7.80. The Morgan fingerprint density at radius 1 is 1.40 bits per heavy atom. The van der Waals surface area contributed by atoms with Crippen molar-refractivity contribution in [2.24, 2.45) is 5.16 Å². The number of hydrogen-bond acceptors (Lipinski definition) is 9. The summed E-state index contributed by atoms with van der Waals surface area (Å²) in [5, 5.41) is 18.7. The topological polar surface area (TPSA) is 120 Å². The predicted octanol–water partition coefficient (Wildman–Crippen LogP) is 3.47. The quantitative estimate of drug-likeness (QED) is 0.218. The van der Waals surface area contributed by atoms with Crippen molar-refractivity contribution in [2.45, 2.75) is 46.0 Å². The van der Waals surface area contributed by atoms with E-state index in [-0.39, 0.29) is 5.91 Å². The van der Waals surface area contributed by atoms with Crippen molar-refractivity contribution in [2.75, 3.05) is 5.32 Å². The number of halogens is 1. The summed E-state index contributed by atoms with van der Waals surface area (Å²) in [6.07, 6.45) is 5.12. The fourth-order valence-corrected chi connectivity index (χ4v) is 3.35. The molecule has 0 fully saturated rings. The molecule has 10 nitrogen and oxygen atoms in total. The standard InChI is InChI=1S/C18H21ClN8O2S/c1-3-4-5-9-17(28)22-18-21-16(24-30-18)10-13-14(19)7-6-8-15(13)29-20-11-27-12(2)23-25-26-27/h6-8,11H,3-5,9-10H2,1-2H3,(H,21,22,24,28)/b20-11+.